The van der Waals surface area contributed by atoms with Crippen LogP contribution >= 0.6 is 22.9 Å². The van der Waals surface area contributed by atoms with Gasteiger partial charge in [0.15, 0.2) is 0 Å². The molecule has 0 N–H and O–H groups in total. The molecule has 0 spiro atoms. The van der Waals surface area contributed by atoms with Gasteiger partial charge in [-0.1, -0.05) is 17.7 Å². The van der Waals surface area contributed by atoms with Crippen LogP contribution < -0.4 is 0 Å². The monoisotopic (exact) mass is 227 g/mol. The van der Waals surface area contributed by atoms with E-state index in [0.717, 1.165) is 4.70 Å². The maximum absolute atomic E-state index is 10.8. The Kier molecular flexibility index (Phi) is 2.17. The summed E-state index contributed by atoms with van der Waals surface area (Å²) in [7, 11) is 0. The van der Waals surface area contributed by atoms with Gasteiger partial charge in [0.1, 0.15) is 0 Å². The lowest BCUT2D eigenvalue weighted by Crippen LogP contribution is -1.87. The zero-order chi connectivity index (χ0) is 10.3. The molecule has 1 heterocycles. The van der Waals surface area contributed by atoms with Crippen LogP contribution in [0.2, 0.25) is 5.02 Å². The van der Waals surface area contributed by atoms with Gasteiger partial charge in [0, 0.05) is 4.70 Å². The second kappa shape index (κ2) is 3.22. The second-order valence-corrected chi connectivity index (χ2v) is 4.54. The highest BCUT2D eigenvalue weighted by Crippen LogP contribution is 2.40. The fourth-order valence-corrected chi connectivity index (χ4v) is 2.81. The Morgan fingerprint density at radius 3 is 2.86 bits per heavy atom. The first-order valence-electron chi connectivity index (χ1n) is 3.93. The van der Waals surface area contributed by atoms with Crippen molar-refractivity contribution in [2.75, 3.05) is 0 Å². The Labute approximate surface area is 89.1 Å². The normalized spacial score (nSPS) is 10.7. The summed E-state index contributed by atoms with van der Waals surface area (Å²) in [5.41, 5.74) is 0.135. The Morgan fingerprint density at radius 2 is 2.21 bits per heavy atom. The molecular formula is C9H6ClNO2S. The first-order valence-corrected chi connectivity index (χ1v) is 5.12. The average molecular weight is 228 g/mol. The lowest BCUT2D eigenvalue weighted by atomic mass is 10.2. The third-order valence-electron chi connectivity index (χ3n) is 1.99. The fourth-order valence-electron chi connectivity index (χ4n) is 1.43. The van der Waals surface area contributed by atoms with Gasteiger partial charge in [-0.3, -0.25) is 10.1 Å². The minimum Gasteiger partial charge on any atom is -0.258 e. The molecule has 14 heavy (non-hydrogen) atoms. The SMILES string of the molecule is Cc1sc2cccc(Cl)c2c1[N+](=O)[O-]. The molecular weight excluding hydrogens is 222 g/mol. The van der Waals surface area contributed by atoms with E-state index in [2.05, 4.69) is 0 Å². The molecule has 0 aliphatic heterocycles. The zero-order valence-electron chi connectivity index (χ0n) is 7.28. The molecule has 0 aliphatic rings. The number of aryl methyl sites for hydroxylation is 1. The van der Waals surface area contributed by atoms with Crippen LogP contribution in [0.4, 0.5) is 5.69 Å². The number of nitro groups is 1. The molecule has 0 radical (unpaired) electrons. The van der Waals surface area contributed by atoms with Crippen LogP contribution in [0.3, 0.4) is 0 Å². The molecule has 0 amide bonds. The molecule has 0 unspecified atom stereocenters. The van der Waals surface area contributed by atoms with Gasteiger partial charge in [-0.15, -0.1) is 11.3 Å². The topological polar surface area (TPSA) is 43.1 Å². The van der Waals surface area contributed by atoms with E-state index in [1.165, 1.54) is 11.3 Å². The number of rotatable bonds is 1. The molecule has 1 aromatic heterocycles. The number of thiophene rings is 1. The third-order valence-corrected chi connectivity index (χ3v) is 3.37. The number of hydrogen-bond acceptors (Lipinski definition) is 3. The number of halogens is 1. The molecule has 3 nitrogen and oxygen atoms in total. The second-order valence-electron chi connectivity index (χ2n) is 2.88. The van der Waals surface area contributed by atoms with E-state index in [4.69, 9.17) is 11.6 Å². The summed E-state index contributed by atoms with van der Waals surface area (Å²) in [6, 6.07) is 5.30. The molecule has 0 saturated heterocycles. The van der Waals surface area contributed by atoms with Crippen LogP contribution in [0, 0.1) is 17.0 Å². The number of fused-ring (bicyclic) bond motifs is 1. The predicted molar refractivity (Wildman–Crippen MR) is 58.2 cm³/mol. The van der Waals surface area contributed by atoms with E-state index >= 15 is 0 Å². The van der Waals surface area contributed by atoms with Crippen molar-refractivity contribution in [2.24, 2.45) is 0 Å². The highest BCUT2D eigenvalue weighted by atomic mass is 35.5. The van der Waals surface area contributed by atoms with Gasteiger partial charge in [0.05, 0.1) is 20.2 Å². The highest BCUT2D eigenvalue weighted by molar-refractivity contribution is 7.19. The maximum atomic E-state index is 10.8. The van der Waals surface area contributed by atoms with Crippen LogP contribution in [0.1, 0.15) is 4.88 Å². The van der Waals surface area contributed by atoms with Gasteiger partial charge in [0.25, 0.3) is 5.69 Å². The molecule has 72 valence electrons. The quantitative estimate of drug-likeness (QED) is 0.550. The molecule has 0 atom stereocenters. The largest absolute Gasteiger partial charge is 0.292 e. The van der Waals surface area contributed by atoms with Gasteiger partial charge in [-0.05, 0) is 19.1 Å². The number of hydrogen-bond donors (Lipinski definition) is 0. The van der Waals surface area contributed by atoms with Crippen molar-refractivity contribution >= 4 is 38.7 Å². The first-order chi connectivity index (χ1) is 6.61. The molecule has 2 rings (SSSR count). The summed E-state index contributed by atoms with van der Waals surface area (Å²) in [6.07, 6.45) is 0. The molecule has 0 saturated carbocycles. The van der Waals surface area contributed by atoms with E-state index in [1.807, 2.05) is 6.07 Å². The van der Waals surface area contributed by atoms with Gasteiger partial charge >= 0.3 is 0 Å². The number of benzene rings is 1. The predicted octanol–water partition coefficient (Wildman–Crippen LogP) is 3.77. The van der Waals surface area contributed by atoms with Gasteiger partial charge < -0.3 is 0 Å². The van der Waals surface area contributed by atoms with E-state index in [1.54, 1.807) is 19.1 Å². The van der Waals surface area contributed by atoms with Gasteiger partial charge in [-0.25, -0.2) is 0 Å². The third kappa shape index (κ3) is 1.27. The molecule has 0 bridgehead atoms. The van der Waals surface area contributed by atoms with Crippen LogP contribution in [-0.4, -0.2) is 4.92 Å². The summed E-state index contributed by atoms with van der Waals surface area (Å²) in [5.74, 6) is 0. The minimum absolute atomic E-state index is 0.135. The van der Waals surface area contributed by atoms with Crippen molar-refractivity contribution in [2.45, 2.75) is 6.92 Å². The molecule has 0 aliphatic carbocycles. The molecule has 2 aromatic rings. The van der Waals surface area contributed by atoms with Crippen molar-refractivity contribution in [1.82, 2.24) is 0 Å². The zero-order valence-corrected chi connectivity index (χ0v) is 8.85. The molecule has 5 heteroatoms. The lowest BCUT2D eigenvalue weighted by molar-refractivity contribution is -0.383. The van der Waals surface area contributed by atoms with Crippen LogP contribution in [-0.2, 0) is 0 Å². The summed E-state index contributed by atoms with van der Waals surface area (Å²) in [4.78, 5) is 11.1. The van der Waals surface area contributed by atoms with Crippen molar-refractivity contribution in [1.29, 1.82) is 0 Å². The average Bonchev–Trinajstić information content (AvgIpc) is 2.42. The Morgan fingerprint density at radius 1 is 1.50 bits per heavy atom. The number of nitrogens with zero attached hydrogens (tertiary/aromatic N) is 1. The van der Waals surface area contributed by atoms with E-state index in [0.29, 0.717) is 15.3 Å². The standard InChI is InChI=1S/C9H6ClNO2S/c1-5-9(11(12)13)8-6(10)3-2-4-7(8)14-5/h2-4H,1H3. The summed E-state index contributed by atoms with van der Waals surface area (Å²) in [6.45, 7) is 1.74. The lowest BCUT2D eigenvalue weighted by Gasteiger charge is -1.93. The Balaban J connectivity index is 2.93. The van der Waals surface area contributed by atoms with Crippen LogP contribution in [0.5, 0.6) is 0 Å². The van der Waals surface area contributed by atoms with Crippen molar-refractivity contribution in [3.63, 3.8) is 0 Å². The minimum atomic E-state index is -0.375. The Hall–Kier alpha value is -1.13. The van der Waals surface area contributed by atoms with Gasteiger partial charge in [0.2, 0.25) is 0 Å². The summed E-state index contributed by atoms with van der Waals surface area (Å²) < 4.78 is 0.863. The smallest absolute Gasteiger partial charge is 0.258 e. The van der Waals surface area contributed by atoms with Gasteiger partial charge in [-0.2, -0.15) is 0 Å². The van der Waals surface area contributed by atoms with E-state index in [9.17, 15) is 10.1 Å². The maximum Gasteiger partial charge on any atom is 0.292 e. The summed E-state index contributed by atoms with van der Waals surface area (Å²) in [5, 5.41) is 11.8. The van der Waals surface area contributed by atoms with E-state index in [-0.39, 0.29) is 10.6 Å². The summed E-state index contributed by atoms with van der Waals surface area (Å²) >= 11 is 7.32. The van der Waals surface area contributed by atoms with Crippen molar-refractivity contribution in [3.05, 3.63) is 38.2 Å². The highest BCUT2D eigenvalue weighted by Gasteiger charge is 2.21. The molecule has 1 aromatic carbocycles. The first kappa shape index (κ1) is 9.43. The molecule has 0 fully saturated rings. The van der Waals surface area contributed by atoms with Crippen LogP contribution in [0.15, 0.2) is 18.2 Å². The Bertz CT molecular complexity index is 521. The van der Waals surface area contributed by atoms with Crippen LogP contribution in [0.25, 0.3) is 10.1 Å². The van der Waals surface area contributed by atoms with E-state index < -0.39 is 0 Å². The van der Waals surface area contributed by atoms with Crippen molar-refractivity contribution < 1.29 is 4.92 Å². The fraction of sp³-hybridized carbons (Fsp3) is 0.111. The van der Waals surface area contributed by atoms with Crippen molar-refractivity contribution in [3.8, 4) is 0 Å².